The fraction of sp³-hybridized carbons (Fsp3) is 0.500. The third-order valence-electron chi connectivity index (χ3n) is 2.98. The Morgan fingerprint density at radius 2 is 2.00 bits per heavy atom. The number of halogens is 1. The van der Waals surface area contributed by atoms with E-state index in [0.717, 1.165) is 15.8 Å². The van der Waals surface area contributed by atoms with E-state index in [1.807, 2.05) is 23.1 Å². The Morgan fingerprint density at radius 1 is 1.35 bits per heavy atom. The number of β-amino-alcohol motifs (C(OH)–C–C–N with tert-alkyl or cyclic N) is 2. The van der Waals surface area contributed by atoms with Gasteiger partial charge >= 0.3 is 0 Å². The molecule has 0 bridgehead atoms. The normalized spacial score (nSPS) is 25.2. The molecule has 17 heavy (non-hydrogen) atoms. The van der Waals surface area contributed by atoms with Crippen LogP contribution in [0.5, 0.6) is 5.75 Å². The van der Waals surface area contributed by atoms with Crippen LogP contribution in [0.1, 0.15) is 5.56 Å². The van der Waals surface area contributed by atoms with Gasteiger partial charge in [0.05, 0.1) is 19.3 Å². The van der Waals surface area contributed by atoms with Crippen LogP contribution in [0, 0.1) is 0 Å². The van der Waals surface area contributed by atoms with E-state index in [4.69, 9.17) is 4.74 Å². The van der Waals surface area contributed by atoms with E-state index in [2.05, 4.69) is 15.9 Å². The topological polar surface area (TPSA) is 52.9 Å². The molecule has 0 aromatic heterocycles. The van der Waals surface area contributed by atoms with E-state index in [-0.39, 0.29) is 0 Å². The number of benzene rings is 1. The van der Waals surface area contributed by atoms with Gasteiger partial charge in [0.2, 0.25) is 0 Å². The SMILES string of the molecule is COc1ccc(Br)c(CN2CC(O)C(O)C2)c1. The van der Waals surface area contributed by atoms with Gasteiger partial charge in [-0.25, -0.2) is 0 Å². The Bertz CT molecular complexity index is 389. The number of rotatable bonds is 3. The van der Waals surface area contributed by atoms with Gasteiger partial charge < -0.3 is 14.9 Å². The molecule has 1 aromatic rings. The molecule has 0 spiro atoms. The highest BCUT2D eigenvalue weighted by Crippen LogP contribution is 2.25. The molecule has 94 valence electrons. The van der Waals surface area contributed by atoms with Crippen molar-refractivity contribution < 1.29 is 14.9 Å². The molecule has 2 atom stereocenters. The molecule has 5 heteroatoms. The Morgan fingerprint density at radius 3 is 2.59 bits per heavy atom. The first-order valence-corrected chi connectivity index (χ1v) is 6.30. The summed E-state index contributed by atoms with van der Waals surface area (Å²) in [5.41, 5.74) is 1.09. The molecule has 2 N–H and O–H groups in total. The van der Waals surface area contributed by atoms with Gasteiger partial charge in [-0.15, -0.1) is 0 Å². The average Bonchev–Trinajstić information content (AvgIpc) is 2.61. The van der Waals surface area contributed by atoms with Crippen LogP contribution in [0.4, 0.5) is 0 Å². The van der Waals surface area contributed by atoms with Crippen molar-refractivity contribution in [2.24, 2.45) is 0 Å². The molecule has 1 heterocycles. The number of aliphatic hydroxyl groups is 2. The van der Waals surface area contributed by atoms with Gasteiger partial charge in [0.25, 0.3) is 0 Å². The third-order valence-corrected chi connectivity index (χ3v) is 3.76. The molecule has 2 rings (SSSR count). The zero-order chi connectivity index (χ0) is 12.4. The van der Waals surface area contributed by atoms with Gasteiger partial charge in [-0.1, -0.05) is 15.9 Å². The highest BCUT2D eigenvalue weighted by atomic mass is 79.9. The number of hydrogen-bond donors (Lipinski definition) is 2. The van der Waals surface area contributed by atoms with Crippen molar-refractivity contribution in [3.8, 4) is 5.75 Å². The molecule has 0 radical (unpaired) electrons. The van der Waals surface area contributed by atoms with Gasteiger partial charge in [0.15, 0.2) is 0 Å². The summed E-state index contributed by atoms with van der Waals surface area (Å²) in [5.74, 6) is 0.809. The zero-order valence-corrected chi connectivity index (χ0v) is 11.2. The predicted octanol–water partition coefficient (Wildman–Crippen LogP) is 0.995. The van der Waals surface area contributed by atoms with Crippen LogP contribution in [0.2, 0.25) is 0 Å². The summed E-state index contributed by atoms with van der Waals surface area (Å²) < 4.78 is 6.19. The molecular formula is C12H16BrNO3. The minimum atomic E-state index is -0.639. The van der Waals surface area contributed by atoms with Crippen LogP contribution in [0.15, 0.2) is 22.7 Å². The van der Waals surface area contributed by atoms with Crippen LogP contribution < -0.4 is 4.74 Å². The van der Waals surface area contributed by atoms with Crippen LogP contribution in [0.25, 0.3) is 0 Å². The third kappa shape index (κ3) is 2.98. The monoisotopic (exact) mass is 301 g/mol. The summed E-state index contributed by atoms with van der Waals surface area (Å²) in [5, 5.41) is 19.0. The smallest absolute Gasteiger partial charge is 0.119 e. The molecular weight excluding hydrogens is 286 g/mol. The van der Waals surface area contributed by atoms with Crippen molar-refractivity contribution in [1.82, 2.24) is 4.90 Å². The molecule has 0 saturated carbocycles. The lowest BCUT2D eigenvalue weighted by molar-refractivity contribution is 0.0572. The van der Waals surface area contributed by atoms with Crippen LogP contribution in [0.3, 0.4) is 0 Å². The maximum atomic E-state index is 9.49. The second-order valence-corrected chi connectivity index (χ2v) is 5.14. The predicted molar refractivity (Wildman–Crippen MR) is 68.0 cm³/mol. The zero-order valence-electron chi connectivity index (χ0n) is 9.64. The largest absolute Gasteiger partial charge is 0.497 e. The van der Waals surface area contributed by atoms with E-state index in [9.17, 15) is 10.2 Å². The summed E-state index contributed by atoms with van der Waals surface area (Å²) >= 11 is 3.49. The van der Waals surface area contributed by atoms with Gasteiger partial charge in [0.1, 0.15) is 5.75 Å². The first-order chi connectivity index (χ1) is 8.10. The van der Waals surface area contributed by atoms with Crippen LogP contribution in [-0.2, 0) is 6.54 Å². The number of aliphatic hydroxyl groups excluding tert-OH is 2. The molecule has 0 amide bonds. The van der Waals surface area contributed by atoms with Crippen molar-refractivity contribution in [3.63, 3.8) is 0 Å². The molecule has 2 unspecified atom stereocenters. The van der Waals surface area contributed by atoms with E-state index in [0.29, 0.717) is 19.6 Å². The molecule has 1 aromatic carbocycles. The molecule has 1 fully saturated rings. The lowest BCUT2D eigenvalue weighted by atomic mass is 10.2. The summed E-state index contributed by atoms with van der Waals surface area (Å²) in [6, 6.07) is 5.79. The van der Waals surface area contributed by atoms with Gasteiger partial charge in [-0.3, -0.25) is 4.90 Å². The van der Waals surface area contributed by atoms with Gasteiger partial charge in [-0.2, -0.15) is 0 Å². The van der Waals surface area contributed by atoms with E-state index in [1.54, 1.807) is 7.11 Å². The minimum absolute atomic E-state index is 0.505. The minimum Gasteiger partial charge on any atom is -0.497 e. The first kappa shape index (κ1) is 12.8. The molecule has 0 aliphatic carbocycles. The van der Waals surface area contributed by atoms with E-state index in [1.165, 1.54) is 0 Å². The van der Waals surface area contributed by atoms with Crippen LogP contribution in [-0.4, -0.2) is 47.5 Å². The van der Waals surface area contributed by atoms with E-state index >= 15 is 0 Å². The fourth-order valence-corrected chi connectivity index (χ4v) is 2.39. The summed E-state index contributed by atoms with van der Waals surface area (Å²) in [6.45, 7) is 1.70. The number of likely N-dealkylation sites (tertiary alicyclic amines) is 1. The molecule has 4 nitrogen and oxygen atoms in total. The van der Waals surface area contributed by atoms with Crippen molar-refractivity contribution in [1.29, 1.82) is 0 Å². The number of hydrogen-bond acceptors (Lipinski definition) is 4. The molecule has 1 saturated heterocycles. The number of methoxy groups -OCH3 is 1. The second kappa shape index (κ2) is 5.35. The highest BCUT2D eigenvalue weighted by molar-refractivity contribution is 9.10. The fourth-order valence-electron chi connectivity index (χ4n) is 2.02. The Labute approximate surface area is 109 Å². The van der Waals surface area contributed by atoms with Crippen LogP contribution >= 0.6 is 15.9 Å². The summed E-state index contributed by atoms with van der Waals surface area (Å²) in [6.07, 6.45) is -1.28. The van der Waals surface area contributed by atoms with Crippen molar-refractivity contribution in [2.45, 2.75) is 18.8 Å². The standard InChI is InChI=1S/C12H16BrNO3/c1-17-9-2-3-10(13)8(4-9)5-14-6-11(15)12(16)7-14/h2-4,11-12,15-16H,5-7H2,1H3. The summed E-state index contributed by atoms with van der Waals surface area (Å²) in [7, 11) is 1.64. The quantitative estimate of drug-likeness (QED) is 0.874. The Hall–Kier alpha value is -0.620. The van der Waals surface area contributed by atoms with Gasteiger partial charge in [0, 0.05) is 24.1 Å². The first-order valence-electron chi connectivity index (χ1n) is 5.51. The average molecular weight is 302 g/mol. The second-order valence-electron chi connectivity index (χ2n) is 4.29. The highest BCUT2D eigenvalue weighted by Gasteiger charge is 2.29. The number of ether oxygens (including phenoxy) is 1. The lowest BCUT2D eigenvalue weighted by Gasteiger charge is -2.16. The van der Waals surface area contributed by atoms with Gasteiger partial charge in [-0.05, 0) is 23.8 Å². The number of nitrogens with zero attached hydrogens (tertiary/aromatic N) is 1. The maximum absolute atomic E-state index is 9.49. The Balaban J connectivity index is 2.08. The molecule has 1 aliphatic heterocycles. The lowest BCUT2D eigenvalue weighted by Crippen LogP contribution is -2.22. The van der Waals surface area contributed by atoms with E-state index < -0.39 is 12.2 Å². The van der Waals surface area contributed by atoms with Crippen molar-refractivity contribution >= 4 is 15.9 Å². The molecule has 1 aliphatic rings. The summed E-state index contributed by atoms with van der Waals surface area (Å²) in [4.78, 5) is 2.02. The Kier molecular flexibility index (Phi) is 4.04. The van der Waals surface area contributed by atoms with Crippen molar-refractivity contribution in [3.05, 3.63) is 28.2 Å². The van der Waals surface area contributed by atoms with Crippen molar-refractivity contribution in [2.75, 3.05) is 20.2 Å². The maximum Gasteiger partial charge on any atom is 0.119 e.